The summed E-state index contributed by atoms with van der Waals surface area (Å²) in [6.45, 7) is 0.409. The third-order valence-corrected chi connectivity index (χ3v) is 2.87. The van der Waals surface area contributed by atoms with Crippen LogP contribution in [0.25, 0.3) is 0 Å². The molecule has 5 nitrogen and oxygen atoms in total. The Kier molecular flexibility index (Phi) is 5.34. The van der Waals surface area contributed by atoms with Crippen molar-refractivity contribution in [1.29, 1.82) is 0 Å². The monoisotopic (exact) mass is 287 g/mol. The Morgan fingerprint density at radius 3 is 2.14 bits per heavy atom. The topological polar surface area (TPSA) is 57.2 Å². The largest absolute Gasteiger partial charge is 0.569 e. The Morgan fingerprint density at radius 1 is 0.905 bits per heavy atom. The molecule has 0 spiro atoms. The lowest BCUT2D eigenvalue weighted by molar-refractivity contribution is 0.280. The first-order chi connectivity index (χ1) is 10.3. The molecule has 21 heavy (non-hydrogen) atoms. The summed E-state index contributed by atoms with van der Waals surface area (Å²) in [7, 11) is 3.62. The first-order valence-electron chi connectivity index (χ1n) is 6.33. The summed E-state index contributed by atoms with van der Waals surface area (Å²) in [5.74, 6) is 1.79. The third-order valence-electron chi connectivity index (χ3n) is 2.87. The Balaban J connectivity index is 2.21. The fourth-order valence-electron chi connectivity index (χ4n) is 1.84. The highest BCUT2D eigenvalue weighted by atomic mass is 16.5. The first-order valence-corrected chi connectivity index (χ1v) is 6.33. The molecule has 0 heterocycles. The molecule has 0 atom stereocenters. The molecular formula is C15H16BO5. The Bertz CT molecular complexity index is 574. The van der Waals surface area contributed by atoms with E-state index in [0.29, 0.717) is 37.3 Å². The van der Waals surface area contributed by atoms with Gasteiger partial charge in [0.1, 0.15) is 12.4 Å². The zero-order chi connectivity index (χ0) is 15.1. The van der Waals surface area contributed by atoms with E-state index in [9.17, 15) is 0 Å². The van der Waals surface area contributed by atoms with Gasteiger partial charge in [-0.2, -0.15) is 0 Å². The van der Waals surface area contributed by atoms with Crippen LogP contribution in [-0.2, 0) is 6.61 Å². The van der Waals surface area contributed by atoms with E-state index >= 15 is 0 Å². The molecule has 0 aliphatic rings. The molecule has 2 aromatic carbocycles. The molecule has 0 amide bonds. The van der Waals surface area contributed by atoms with Gasteiger partial charge < -0.3 is 23.9 Å². The molecule has 0 fully saturated rings. The number of rotatable bonds is 7. The average Bonchev–Trinajstić information content (AvgIpc) is 2.54. The molecule has 0 aromatic heterocycles. The van der Waals surface area contributed by atoms with E-state index in [-0.39, 0.29) is 0 Å². The van der Waals surface area contributed by atoms with E-state index in [1.54, 1.807) is 12.1 Å². The molecule has 1 N–H and O–H groups in total. The minimum atomic E-state index is 0.337. The zero-order valence-electron chi connectivity index (χ0n) is 11.9. The molecule has 0 unspecified atom stereocenters. The maximum absolute atomic E-state index is 8.75. The molecule has 0 saturated heterocycles. The molecule has 2 aromatic rings. The molecule has 0 aliphatic heterocycles. The van der Waals surface area contributed by atoms with Crippen LogP contribution in [0, 0.1) is 0 Å². The van der Waals surface area contributed by atoms with E-state index in [0.717, 1.165) is 5.56 Å². The van der Waals surface area contributed by atoms with Crippen LogP contribution in [0.2, 0.25) is 0 Å². The van der Waals surface area contributed by atoms with Gasteiger partial charge in [0.15, 0.2) is 17.2 Å². The summed E-state index contributed by atoms with van der Waals surface area (Å²) in [4.78, 5) is 0. The molecule has 1 radical (unpaired) electrons. The smallest absolute Gasteiger partial charge is 0.535 e. The van der Waals surface area contributed by atoms with E-state index in [4.69, 9.17) is 23.9 Å². The van der Waals surface area contributed by atoms with Crippen LogP contribution in [0.15, 0.2) is 42.5 Å². The Hall–Kier alpha value is -2.34. The van der Waals surface area contributed by atoms with Crippen molar-refractivity contribution in [2.45, 2.75) is 6.61 Å². The second-order valence-electron chi connectivity index (χ2n) is 4.15. The minimum Gasteiger partial charge on any atom is -0.535 e. The summed E-state index contributed by atoms with van der Waals surface area (Å²) in [5.41, 5.74) is 1.04. The van der Waals surface area contributed by atoms with E-state index in [2.05, 4.69) is 0 Å². The molecule has 109 valence electrons. The lowest BCUT2D eigenvalue weighted by Gasteiger charge is -2.15. The Labute approximate surface area is 124 Å². The van der Waals surface area contributed by atoms with Crippen molar-refractivity contribution < 1.29 is 23.9 Å². The molecular weight excluding hydrogens is 271 g/mol. The van der Waals surface area contributed by atoms with Gasteiger partial charge in [-0.15, -0.1) is 0 Å². The van der Waals surface area contributed by atoms with Gasteiger partial charge in [-0.1, -0.05) is 30.3 Å². The Morgan fingerprint density at radius 2 is 1.52 bits per heavy atom. The lowest BCUT2D eigenvalue weighted by atomic mass is 10.2. The van der Waals surface area contributed by atoms with Gasteiger partial charge in [-0.3, -0.25) is 0 Å². The predicted molar refractivity (Wildman–Crippen MR) is 78.9 cm³/mol. The second-order valence-corrected chi connectivity index (χ2v) is 4.15. The molecule has 0 bridgehead atoms. The summed E-state index contributed by atoms with van der Waals surface area (Å²) in [5, 5.41) is 8.75. The summed E-state index contributed by atoms with van der Waals surface area (Å²) in [6, 6.07) is 13.0. The molecule has 0 saturated carbocycles. The lowest BCUT2D eigenvalue weighted by Crippen LogP contribution is -2.03. The summed E-state index contributed by atoms with van der Waals surface area (Å²) in [6.07, 6.45) is 0. The van der Waals surface area contributed by atoms with Gasteiger partial charge in [0, 0.05) is 12.1 Å². The number of ether oxygens (including phenoxy) is 3. The van der Waals surface area contributed by atoms with Crippen LogP contribution >= 0.6 is 0 Å². The van der Waals surface area contributed by atoms with Crippen LogP contribution in [-0.4, -0.2) is 26.9 Å². The van der Waals surface area contributed by atoms with Crippen molar-refractivity contribution >= 4 is 7.69 Å². The van der Waals surface area contributed by atoms with Gasteiger partial charge in [-0.05, 0) is 5.56 Å². The number of methoxy groups -OCH3 is 2. The highest BCUT2D eigenvalue weighted by Crippen LogP contribution is 2.39. The maximum Gasteiger partial charge on any atom is 0.569 e. The second kappa shape index (κ2) is 7.45. The maximum atomic E-state index is 8.75. The van der Waals surface area contributed by atoms with Crippen LogP contribution in [0.5, 0.6) is 23.0 Å². The van der Waals surface area contributed by atoms with Crippen molar-refractivity contribution in [2.24, 2.45) is 0 Å². The molecule has 6 heteroatoms. The van der Waals surface area contributed by atoms with Crippen LogP contribution in [0.4, 0.5) is 0 Å². The normalized spacial score (nSPS) is 9.86. The van der Waals surface area contributed by atoms with Gasteiger partial charge in [0.25, 0.3) is 0 Å². The number of benzene rings is 2. The van der Waals surface area contributed by atoms with Gasteiger partial charge >= 0.3 is 7.69 Å². The third kappa shape index (κ3) is 3.82. The number of hydrogen-bond donors (Lipinski definition) is 1. The quantitative estimate of drug-likeness (QED) is 0.791. The van der Waals surface area contributed by atoms with Crippen molar-refractivity contribution in [1.82, 2.24) is 0 Å². The van der Waals surface area contributed by atoms with Crippen molar-refractivity contribution in [3.8, 4) is 23.0 Å². The van der Waals surface area contributed by atoms with Crippen molar-refractivity contribution in [3.63, 3.8) is 0 Å². The highest BCUT2D eigenvalue weighted by Gasteiger charge is 2.14. The minimum absolute atomic E-state index is 0.337. The van der Waals surface area contributed by atoms with Crippen LogP contribution in [0.3, 0.4) is 0 Å². The molecule has 0 aliphatic carbocycles. The molecule has 2 rings (SSSR count). The van der Waals surface area contributed by atoms with E-state index in [1.807, 2.05) is 30.3 Å². The van der Waals surface area contributed by atoms with Gasteiger partial charge in [0.05, 0.1) is 14.2 Å². The average molecular weight is 287 g/mol. The predicted octanol–water partition coefficient (Wildman–Crippen LogP) is 2.19. The highest BCUT2D eigenvalue weighted by molar-refractivity contribution is 6.17. The van der Waals surface area contributed by atoms with Gasteiger partial charge in [-0.25, -0.2) is 0 Å². The van der Waals surface area contributed by atoms with Crippen LogP contribution in [0.1, 0.15) is 5.56 Å². The van der Waals surface area contributed by atoms with Crippen molar-refractivity contribution in [2.75, 3.05) is 14.2 Å². The van der Waals surface area contributed by atoms with Gasteiger partial charge in [0.2, 0.25) is 0 Å². The zero-order valence-corrected chi connectivity index (χ0v) is 11.9. The summed E-state index contributed by atoms with van der Waals surface area (Å²) < 4.78 is 21.2. The number of hydrogen-bond acceptors (Lipinski definition) is 5. The fraction of sp³-hybridized carbons (Fsp3) is 0.200. The van der Waals surface area contributed by atoms with E-state index in [1.165, 1.54) is 14.2 Å². The van der Waals surface area contributed by atoms with Crippen molar-refractivity contribution in [3.05, 3.63) is 48.0 Å². The fourth-order valence-corrected chi connectivity index (χ4v) is 1.84. The van der Waals surface area contributed by atoms with E-state index < -0.39 is 0 Å². The SMILES string of the molecule is COc1cc(OCc2ccccc2)c(OC)cc1O[B]O. The first kappa shape index (κ1) is 15.1. The summed E-state index contributed by atoms with van der Waals surface area (Å²) >= 11 is 0. The van der Waals surface area contributed by atoms with Crippen LogP contribution < -0.4 is 18.9 Å². The standard InChI is InChI=1S/C15H16BO5/c1-18-12-9-15(21-16-17)13(19-2)8-14(12)20-10-11-6-4-3-5-7-11/h3-9,17H,10H2,1-2H3.